The molecule has 0 spiro atoms. The van der Waals surface area contributed by atoms with Crippen molar-refractivity contribution in [3.8, 4) is 28.7 Å². The van der Waals surface area contributed by atoms with Crippen LogP contribution in [0.2, 0.25) is 0 Å². The average molecular weight is 1270 g/mol. The Hall–Kier alpha value is -7.06. The Morgan fingerprint density at radius 2 is 0.956 bits per heavy atom. The summed E-state index contributed by atoms with van der Waals surface area (Å²) >= 11 is 0. The van der Waals surface area contributed by atoms with Crippen LogP contribution in [0.25, 0.3) is 0 Å². The monoisotopic (exact) mass is 1270 g/mol. The summed E-state index contributed by atoms with van der Waals surface area (Å²) in [6.45, 7) is 12.6. The van der Waals surface area contributed by atoms with E-state index in [-0.39, 0.29) is 85.8 Å². The van der Waals surface area contributed by atoms with E-state index in [2.05, 4.69) is 26.3 Å². The summed E-state index contributed by atoms with van der Waals surface area (Å²) in [5, 5.41) is 38.4. The molecule has 1 amide bonds. The number of methoxy groups -OCH3 is 3. The van der Waals surface area contributed by atoms with Gasteiger partial charge in [-0.3, -0.25) is 28.9 Å². The van der Waals surface area contributed by atoms with Crippen molar-refractivity contribution in [2.75, 3.05) is 114 Å². The standard InChI is InChI=1S/C24H38N4O7S.3C14H19NO3/c1-3-4-11-27(12-5-9-25)22(29)15-28-14-18(17-6-7-20-21(13-17)35-16-34-20)23(24(30)31)19(28)8-10-26-36(2,32)33;3*1-9-13(14(16)17)12(8-15(9)2)10-4-6-11(18-3)7-5-10/h6-7,13,18-19,23,26H,3-5,8-12,14-16,25H2,1-2H3,(H,30,31);3*4-7,9,12-13H,8H2,1-3H3,(H,16,17)/t18-,19+,23-;3*9-,12+,13-/m1000/s1. The van der Waals surface area contributed by atoms with Gasteiger partial charge in [0.25, 0.3) is 0 Å². The summed E-state index contributed by atoms with van der Waals surface area (Å²) in [5.74, 6) is -1.76. The molecule has 0 bridgehead atoms. The van der Waals surface area contributed by atoms with Gasteiger partial charge in [-0.25, -0.2) is 13.1 Å². The lowest BCUT2D eigenvalue weighted by molar-refractivity contribution is -0.144. The summed E-state index contributed by atoms with van der Waals surface area (Å²) in [4.78, 5) is 70.1. The van der Waals surface area contributed by atoms with E-state index in [0.717, 1.165) is 78.2 Å². The third-order valence-electron chi connectivity index (χ3n) is 18.7. The largest absolute Gasteiger partial charge is 0.497 e. The number of nitrogens with one attached hydrogen (secondary N) is 1. The van der Waals surface area contributed by atoms with Gasteiger partial charge in [0, 0.05) is 93.7 Å². The van der Waals surface area contributed by atoms with Crippen LogP contribution in [-0.2, 0) is 34.0 Å². The summed E-state index contributed by atoms with van der Waals surface area (Å²) in [6, 6.07) is 28.2. The number of hydrogen-bond acceptors (Lipinski definition) is 17. The minimum Gasteiger partial charge on any atom is -0.497 e. The molecule has 23 nitrogen and oxygen atoms in total. The second kappa shape index (κ2) is 33.3. The van der Waals surface area contributed by atoms with Crippen molar-refractivity contribution >= 4 is 39.8 Å². The van der Waals surface area contributed by atoms with Gasteiger partial charge in [0.1, 0.15) is 17.2 Å². The van der Waals surface area contributed by atoms with Crippen molar-refractivity contribution in [3.63, 3.8) is 0 Å². The number of carbonyl (C=O) groups excluding carboxylic acids is 1. The molecule has 4 aromatic carbocycles. The van der Waals surface area contributed by atoms with Crippen molar-refractivity contribution in [3.05, 3.63) is 113 Å². The van der Waals surface area contributed by atoms with Crippen LogP contribution in [0.15, 0.2) is 91.0 Å². The number of hydrogen-bond donors (Lipinski definition) is 6. The number of amides is 1. The van der Waals surface area contributed by atoms with Crippen LogP contribution in [0, 0.1) is 23.7 Å². The lowest BCUT2D eigenvalue weighted by Crippen LogP contribution is -2.45. The third kappa shape index (κ3) is 18.6. The van der Waals surface area contributed by atoms with Crippen LogP contribution in [0.5, 0.6) is 28.7 Å². The molecule has 5 aliphatic rings. The first kappa shape index (κ1) is 72.0. The van der Waals surface area contributed by atoms with E-state index in [1.54, 1.807) is 38.4 Å². The number of fused-ring (bicyclic) bond motifs is 1. The molecule has 90 heavy (non-hydrogen) atoms. The van der Waals surface area contributed by atoms with Gasteiger partial charge in [-0.15, -0.1) is 0 Å². The lowest BCUT2D eigenvalue weighted by Gasteiger charge is -2.29. The van der Waals surface area contributed by atoms with Crippen LogP contribution < -0.4 is 34.1 Å². The molecular formula is C66H95N7O16S. The number of sulfonamides is 1. The number of ether oxygens (including phenoxy) is 5. The van der Waals surface area contributed by atoms with E-state index in [0.29, 0.717) is 44.1 Å². The highest BCUT2D eigenvalue weighted by molar-refractivity contribution is 7.88. The van der Waals surface area contributed by atoms with Crippen molar-refractivity contribution in [2.45, 2.75) is 101 Å². The number of unbranched alkanes of at least 4 members (excludes halogenated alkanes) is 1. The maximum Gasteiger partial charge on any atom is 0.308 e. The molecule has 0 radical (unpaired) electrons. The smallest absolute Gasteiger partial charge is 0.308 e. The molecule has 5 aliphatic heterocycles. The number of nitrogens with two attached hydrogens (primary N) is 1. The highest BCUT2D eigenvalue weighted by Crippen LogP contribution is 2.44. The molecule has 4 aromatic rings. The van der Waals surface area contributed by atoms with Crippen molar-refractivity contribution < 1.29 is 76.5 Å². The molecule has 0 unspecified atom stereocenters. The number of carbonyl (C=O) groups is 5. The molecule has 4 fully saturated rings. The van der Waals surface area contributed by atoms with Gasteiger partial charge < -0.3 is 69.4 Å². The number of carboxylic acids is 4. The molecular weight excluding hydrogens is 1180 g/mol. The Balaban J connectivity index is 0.000000203. The van der Waals surface area contributed by atoms with E-state index in [4.69, 9.17) is 29.4 Å². The number of likely N-dealkylation sites (N-methyl/N-ethyl adjacent to an activating group) is 3. The van der Waals surface area contributed by atoms with E-state index in [1.807, 2.05) is 126 Å². The van der Waals surface area contributed by atoms with Gasteiger partial charge in [0.2, 0.25) is 22.7 Å². The van der Waals surface area contributed by atoms with Crippen molar-refractivity contribution in [1.29, 1.82) is 0 Å². The van der Waals surface area contributed by atoms with Crippen molar-refractivity contribution in [2.24, 2.45) is 29.4 Å². The zero-order valence-electron chi connectivity index (χ0n) is 53.9. The number of benzene rings is 4. The topological polar surface area (TPSA) is 301 Å². The number of carboxylic acid groups (broad SMARTS) is 4. The van der Waals surface area contributed by atoms with Gasteiger partial charge in [0.15, 0.2) is 11.5 Å². The van der Waals surface area contributed by atoms with Crippen LogP contribution in [-0.4, -0.2) is 222 Å². The first-order valence-electron chi connectivity index (χ1n) is 30.8. The Labute approximate surface area is 530 Å². The molecule has 5 heterocycles. The quantitative estimate of drug-likeness (QED) is 0.0479. The molecule has 12 atom stereocenters. The second-order valence-corrected chi connectivity index (χ2v) is 26.0. The first-order chi connectivity index (χ1) is 42.8. The Morgan fingerprint density at radius 1 is 0.578 bits per heavy atom. The zero-order chi connectivity index (χ0) is 66.1. The fourth-order valence-corrected chi connectivity index (χ4v) is 13.7. The van der Waals surface area contributed by atoms with Gasteiger partial charge >= 0.3 is 23.9 Å². The lowest BCUT2D eigenvalue weighted by atomic mass is 9.84. The van der Waals surface area contributed by atoms with Crippen molar-refractivity contribution in [1.82, 2.24) is 29.2 Å². The van der Waals surface area contributed by atoms with E-state index in [1.165, 1.54) is 0 Å². The minimum atomic E-state index is -3.43. The van der Waals surface area contributed by atoms with Gasteiger partial charge in [-0.05, 0) is 139 Å². The number of nitrogens with zero attached hydrogens (tertiary/aromatic N) is 5. The zero-order valence-corrected chi connectivity index (χ0v) is 54.7. The highest BCUT2D eigenvalue weighted by atomic mass is 32.2. The number of rotatable bonds is 23. The maximum absolute atomic E-state index is 13.3. The van der Waals surface area contributed by atoms with Crippen LogP contribution in [0.1, 0.15) is 99.3 Å². The molecule has 4 saturated heterocycles. The molecule has 9 rings (SSSR count). The predicted octanol–water partition coefficient (Wildman–Crippen LogP) is 6.24. The van der Waals surface area contributed by atoms with Gasteiger partial charge in [-0.2, -0.15) is 0 Å². The molecule has 0 aromatic heterocycles. The van der Waals surface area contributed by atoms with E-state index >= 15 is 0 Å². The summed E-state index contributed by atoms with van der Waals surface area (Å²) < 4.78 is 52.0. The van der Waals surface area contributed by atoms with Gasteiger partial charge in [0.05, 0.1) is 57.8 Å². The fourth-order valence-electron chi connectivity index (χ4n) is 13.2. The SMILES string of the molecule is CCCCN(CCCN)C(=O)CN1C[C@H](c2ccc3c(c2)OCO3)[C@@H](C(=O)O)[C@@H]1CCNS(C)(=O)=O.COc1ccc([C@H]2CN(C)[C@@H](C)[C@@H]2C(=O)O)cc1.COc1ccc([C@H]2CN(C)[C@@H](C)[C@@H]2C(=O)O)cc1.COc1ccc([C@H]2CN(C)[C@@H](C)[C@@H]2C(=O)O)cc1. The molecule has 24 heteroatoms. The number of aliphatic carboxylic acids is 4. The van der Waals surface area contributed by atoms with Crippen LogP contribution in [0.4, 0.5) is 0 Å². The Bertz CT molecular complexity index is 2900. The van der Waals surface area contributed by atoms with E-state index < -0.39 is 51.8 Å². The predicted molar refractivity (Wildman–Crippen MR) is 341 cm³/mol. The fraction of sp³-hybridized carbons (Fsp3) is 0.561. The minimum absolute atomic E-state index is 0.0495. The van der Waals surface area contributed by atoms with Crippen LogP contribution >= 0.6 is 0 Å². The molecule has 7 N–H and O–H groups in total. The highest BCUT2D eigenvalue weighted by Gasteiger charge is 2.48. The number of likely N-dealkylation sites (tertiary alicyclic amines) is 4. The molecule has 496 valence electrons. The Morgan fingerprint density at radius 3 is 1.32 bits per heavy atom. The summed E-state index contributed by atoms with van der Waals surface area (Å²) in [5.41, 5.74) is 9.66. The maximum atomic E-state index is 13.3. The second-order valence-electron chi connectivity index (χ2n) is 24.2. The normalized spacial score (nSPS) is 25.6. The molecule has 0 saturated carbocycles. The van der Waals surface area contributed by atoms with Gasteiger partial charge in [-0.1, -0.05) is 55.8 Å². The Kier molecular flexibility index (Phi) is 26.7. The molecule has 0 aliphatic carbocycles. The first-order valence-corrected chi connectivity index (χ1v) is 32.7. The van der Waals surface area contributed by atoms with Crippen LogP contribution in [0.3, 0.4) is 0 Å². The average Bonchev–Trinajstić information content (AvgIpc) is 2.08. The summed E-state index contributed by atoms with van der Waals surface area (Å²) in [7, 11) is 7.37. The van der Waals surface area contributed by atoms with E-state index in [9.17, 15) is 52.8 Å². The third-order valence-corrected chi connectivity index (χ3v) is 19.4. The summed E-state index contributed by atoms with van der Waals surface area (Å²) in [6.07, 6.45) is 3.83.